The van der Waals surface area contributed by atoms with Crippen molar-refractivity contribution < 1.29 is 4.79 Å². The zero-order chi connectivity index (χ0) is 12.1. The first kappa shape index (κ1) is 12.2. The van der Waals surface area contributed by atoms with Crippen molar-refractivity contribution in [1.29, 1.82) is 0 Å². The minimum Gasteiger partial charge on any atom is -0.293 e. The molecular formula is C15H16OS. The van der Waals surface area contributed by atoms with Crippen LogP contribution in [0.2, 0.25) is 0 Å². The SMILES string of the molecule is CCCSCC(=O)c1cccc2ccccc12. The topological polar surface area (TPSA) is 17.1 Å². The van der Waals surface area contributed by atoms with Gasteiger partial charge in [-0.1, -0.05) is 49.4 Å². The van der Waals surface area contributed by atoms with Gasteiger partial charge in [0.05, 0.1) is 5.75 Å². The summed E-state index contributed by atoms with van der Waals surface area (Å²) in [6, 6.07) is 14.0. The second kappa shape index (κ2) is 5.87. The molecule has 17 heavy (non-hydrogen) atoms. The summed E-state index contributed by atoms with van der Waals surface area (Å²) in [6.45, 7) is 2.13. The molecular weight excluding hydrogens is 228 g/mol. The Kier molecular flexibility index (Phi) is 4.21. The van der Waals surface area contributed by atoms with Crippen molar-refractivity contribution in [3.05, 3.63) is 48.0 Å². The third-order valence-electron chi connectivity index (χ3n) is 2.67. The largest absolute Gasteiger partial charge is 0.293 e. The van der Waals surface area contributed by atoms with Gasteiger partial charge in [-0.3, -0.25) is 4.79 Å². The number of Topliss-reactive ketones (excluding diaryl/α,β-unsaturated/α-hetero) is 1. The fraction of sp³-hybridized carbons (Fsp3) is 0.267. The van der Waals surface area contributed by atoms with Gasteiger partial charge in [0.25, 0.3) is 0 Å². The molecule has 0 unspecified atom stereocenters. The maximum atomic E-state index is 12.1. The molecule has 2 heteroatoms. The van der Waals surface area contributed by atoms with Gasteiger partial charge in [-0.2, -0.15) is 11.8 Å². The van der Waals surface area contributed by atoms with Crippen molar-refractivity contribution in [2.45, 2.75) is 13.3 Å². The molecule has 0 spiro atoms. The van der Waals surface area contributed by atoms with Crippen LogP contribution in [0.1, 0.15) is 23.7 Å². The Labute approximate surface area is 106 Å². The molecule has 0 saturated carbocycles. The quantitative estimate of drug-likeness (QED) is 0.580. The van der Waals surface area contributed by atoms with Gasteiger partial charge in [-0.15, -0.1) is 0 Å². The Bertz CT molecular complexity index is 514. The first-order valence-corrected chi connectivity index (χ1v) is 7.07. The Balaban J connectivity index is 2.26. The van der Waals surface area contributed by atoms with Gasteiger partial charge in [0.1, 0.15) is 0 Å². The standard InChI is InChI=1S/C15H16OS/c1-2-10-17-11-15(16)14-9-5-7-12-6-3-4-8-13(12)14/h3-9H,2,10-11H2,1H3. The molecule has 0 saturated heterocycles. The van der Waals surface area contributed by atoms with E-state index in [1.165, 1.54) is 0 Å². The molecule has 2 rings (SSSR count). The van der Waals surface area contributed by atoms with Crippen LogP contribution in [0.4, 0.5) is 0 Å². The Morgan fingerprint density at radius 1 is 1.12 bits per heavy atom. The predicted octanol–water partition coefficient (Wildman–Crippen LogP) is 4.17. The van der Waals surface area contributed by atoms with Crippen LogP contribution in [0.3, 0.4) is 0 Å². The van der Waals surface area contributed by atoms with E-state index in [1.54, 1.807) is 11.8 Å². The van der Waals surface area contributed by atoms with Gasteiger partial charge < -0.3 is 0 Å². The minimum absolute atomic E-state index is 0.236. The summed E-state index contributed by atoms with van der Waals surface area (Å²) in [5, 5.41) is 2.20. The molecule has 0 aliphatic carbocycles. The summed E-state index contributed by atoms with van der Waals surface area (Å²) in [7, 11) is 0. The molecule has 0 N–H and O–H groups in total. The van der Waals surface area contributed by atoms with Crippen LogP contribution in [-0.4, -0.2) is 17.3 Å². The average Bonchev–Trinajstić information content (AvgIpc) is 2.38. The molecule has 2 aromatic rings. The fourth-order valence-electron chi connectivity index (χ4n) is 1.86. The third-order valence-corrected chi connectivity index (χ3v) is 3.83. The van der Waals surface area contributed by atoms with E-state index in [9.17, 15) is 4.79 Å². The molecule has 0 bridgehead atoms. The zero-order valence-electron chi connectivity index (χ0n) is 9.98. The minimum atomic E-state index is 0.236. The Morgan fingerprint density at radius 3 is 2.71 bits per heavy atom. The third kappa shape index (κ3) is 2.89. The van der Waals surface area contributed by atoms with E-state index in [-0.39, 0.29) is 5.78 Å². The van der Waals surface area contributed by atoms with Crippen molar-refractivity contribution in [2.24, 2.45) is 0 Å². The lowest BCUT2D eigenvalue weighted by molar-refractivity contribution is 0.102. The van der Waals surface area contributed by atoms with Gasteiger partial charge in [-0.25, -0.2) is 0 Å². The molecule has 0 atom stereocenters. The van der Waals surface area contributed by atoms with E-state index in [1.807, 2.05) is 42.5 Å². The van der Waals surface area contributed by atoms with Crippen LogP contribution in [0, 0.1) is 0 Å². The van der Waals surface area contributed by atoms with Gasteiger partial charge in [0, 0.05) is 5.56 Å². The lowest BCUT2D eigenvalue weighted by Gasteiger charge is -2.05. The fourth-order valence-corrected chi connectivity index (χ4v) is 2.63. The van der Waals surface area contributed by atoms with E-state index in [0.29, 0.717) is 5.75 Å². The molecule has 0 aromatic heterocycles. The second-order valence-corrected chi connectivity index (χ2v) is 5.11. The smallest absolute Gasteiger partial charge is 0.173 e. The van der Waals surface area contributed by atoms with Gasteiger partial charge in [0.2, 0.25) is 0 Å². The van der Waals surface area contributed by atoms with Gasteiger partial charge >= 0.3 is 0 Å². The first-order chi connectivity index (χ1) is 8.33. The second-order valence-electron chi connectivity index (χ2n) is 4.00. The average molecular weight is 244 g/mol. The monoisotopic (exact) mass is 244 g/mol. The number of thioether (sulfide) groups is 1. The Morgan fingerprint density at radius 2 is 1.88 bits per heavy atom. The zero-order valence-corrected chi connectivity index (χ0v) is 10.8. The number of benzene rings is 2. The van der Waals surface area contributed by atoms with Crippen LogP contribution in [-0.2, 0) is 0 Å². The normalized spacial score (nSPS) is 10.6. The van der Waals surface area contributed by atoms with Crippen molar-refractivity contribution in [3.8, 4) is 0 Å². The summed E-state index contributed by atoms with van der Waals surface area (Å²) >= 11 is 1.72. The lowest BCUT2D eigenvalue weighted by Crippen LogP contribution is -2.03. The molecule has 0 amide bonds. The van der Waals surface area contributed by atoms with Gasteiger partial charge in [0.15, 0.2) is 5.78 Å². The number of fused-ring (bicyclic) bond motifs is 1. The molecule has 0 fully saturated rings. The molecule has 1 nitrogen and oxygen atoms in total. The van der Waals surface area contributed by atoms with Crippen LogP contribution >= 0.6 is 11.8 Å². The van der Waals surface area contributed by atoms with Crippen molar-refractivity contribution in [2.75, 3.05) is 11.5 Å². The number of carbonyl (C=O) groups is 1. The highest BCUT2D eigenvalue weighted by Gasteiger charge is 2.08. The maximum absolute atomic E-state index is 12.1. The van der Waals surface area contributed by atoms with Gasteiger partial charge in [-0.05, 0) is 22.9 Å². The summed E-state index contributed by atoms with van der Waals surface area (Å²) in [4.78, 5) is 12.1. The molecule has 88 valence electrons. The van der Waals surface area contributed by atoms with E-state index < -0.39 is 0 Å². The van der Waals surface area contributed by atoms with Crippen LogP contribution in [0.25, 0.3) is 10.8 Å². The summed E-state index contributed by atoms with van der Waals surface area (Å²) in [6.07, 6.45) is 1.12. The number of carbonyl (C=O) groups excluding carboxylic acids is 1. The summed E-state index contributed by atoms with van der Waals surface area (Å²) in [5.74, 6) is 1.87. The Hall–Kier alpha value is -1.28. The van der Waals surface area contributed by atoms with Crippen LogP contribution < -0.4 is 0 Å². The van der Waals surface area contributed by atoms with Crippen molar-refractivity contribution in [1.82, 2.24) is 0 Å². The summed E-state index contributed by atoms with van der Waals surface area (Å²) < 4.78 is 0. The van der Waals surface area contributed by atoms with Crippen molar-refractivity contribution in [3.63, 3.8) is 0 Å². The lowest BCUT2D eigenvalue weighted by atomic mass is 10.0. The highest BCUT2D eigenvalue weighted by molar-refractivity contribution is 7.99. The predicted molar refractivity (Wildman–Crippen MR) is 75.9 cm³/mol. The van der Waals surface area contributed by atoms with E-state index >= 15 is 0 Å². The first-order valence-electron chi connectivity index (χ1n) is 5.91. The maximum Gasteiger partial charge on any atom is 0.173 e. The highest BCUT2D eigenvalue weighted by Crippen LogP contribution is 2.20. The number of hydrogen-bond donors (Lipinski definition) is 0. The molecule has 0 aliphatic heterocycles. The summed E-state index contributed by atoms with van der Waals surface area (Å²) in [5.41, 5.74) is 0.853. The number of ketones is 1. The van der Waals surface area contributed by atoms with Crippen LogP contribution in [0.5, 0.6) is 0 Å². The molecule has 0 aliphatic rings. The number of rotatable bonds is 5. The van der Waals surface area contributed by atoms with Crippen molar-refractivity contribution >= 4 is 28.3 Å². The van der Waals surface area contributed by atoms with E-state index in [2.05, 4.69) is 6.92 Å². The highest BCUT2D eigenvalue weighted by atomic mass is 32.2. The van der Waals surface area contributed by atoms with E-state index in [0.717, 1.165) is 28.5 Å². The molecule has 2 aromatic carbocycles. The molecule has 0 heterocycles. The van der Waals surface area contributed by atoms with Crippen LogP contribution in [0.15, 0.2) is 42.5 Å². The molecule has 0 radical (unpaired) electrons. The van der Waals surface area contributed by atoms with E-state index in [4.69, 9.17) is 0 Å². The number of hydrogen-bond acceptors (Lipinski definition) is 2.